The van der Waals surface area contributed by atoms with Gasteiger partial charge in [0.1, 0.15) is 5.54 Å². The lowest BCUT2D eigenvalue weighted by molar-refractivity contribution is -0.133. The van der Waals surface area contributed by atoms with Crippen molar-refractivity contribution in [2.24, 2.45) is 16.8 Å². The van der Waals surface area contributed by atoms with Crippen LogP contribution in [0.15, 0.2) is 16.6 Å². The van der Waals surface area contributed by atoms with E-state index in [1.807, 2.05) is 0 Å². The van der Waals surface area contributed by atoms with E-state index in [4.69, 9.17) is 0 Å². The molecule has 2 aliphatic carbocycles. The first-order chi connectivity index (χ1) is 10.3. The van der Waals surface area contributed by atoms with Gasteiger partial charge in [0.15, 0.2) is 5.17 Å². The lowest BCUT2D eigenvalue weighted by atomic mass is 9.63. The van der Waals surface area contributed by atoms with E-state index in [1.165, 1.54) is 64.2 Å². The van der Waals surface area contributed by atoms with Crippen molar-refractivity contribution in [3.05, 3.63) is 11.6 Å². The normalized spacial score (nSPS) is 29.8. The Balaban J connectivity index is 1.74. The third-order valence-corrected chi connectivity index (χ3v) is 6.74. The van der Waals surface area contributed by atoms with Gasteiger partial charge in [-0.3, -0.25) is 4.79 Å². The second-order valence-electron chi connectivity index (χ2n) is 6.97. The summed E-state index contributed by atoms with van der Waals surface area (Å²) in [5.74, 6) is 1.19. The summed E-state index contributed by atoms with van der Waals surface area (Å²) in [6, 6.07) is 0. The van der Waals surface area contributed by atoms with Crippen molar-refractivity contribution in [1.82, 2.24) is 4.90 Å². The minimum atomic E-state index is -0.323. The van der Waals surface area contributed by atoms with Crippen LogP contribution in [0.1, 0.15) is 64.2 Å². The summed E-state index contributed by atoms with van der Waals surface area (Å²) >= 11 is 1.62. The van der Waals surface area contributed by atoms with Gasteiger partial charge in [-0.1, -0.05) is 50.3 Å². The molecule has 3 nitrogen and oxygen atoms in total. The fourth-order valence-electron chi connectivity index (χ4n) is 5.08. The Labute approximate surface area is 131 Å². The van der Waals surface area contributed by atoms with Gasteiger partial charge in [-0.05, 0) is 42.9 Å². The molecule has 0 atom stereocenters. The maximum Gasteiger partial charge on any atom is 0.274 e. The average molecular weight is 304 g/mol. The Hall–Kier alpha value is -0.770. The van der Waals surface area contributed by atoms with Crippen LogP contribution in [0.5, 0.6) is 0 Å². The van der Waals surface area contributed by atoms with Crippen LogP contribution in [0.4, 0.5) is 0 Å². The summed E-state index contributed by atoms with van der Waals surface area (Å²) in [4.78, 5) is 19.8. The molecule has 0 unspecified atom stereocenters. The standard InChI is InChI=1S/C17H24N2OS/c20-15-17(13-7-3-1-4-8-13,14-9-5-2-6-10-14)19-11-12-21-16(19)18-15/h11-14H,1-10H2. The van der Waals surface area contributed by atoms with Crippen LogP contribution in [-0.4, -0.2) is 21.5 Å². The zero-order chi connectivity index (χ0) is 14.3. The lowest BCUT2D eigenvalue weighted by Gasteiger charge is -2.48. The minimum absolute atomic E-state index is 0.174. The van der Waals surface area contributed by atoms with Gasteiger partial charge < -0.3 is 4.90 Å². The lowest BCUT2D eigenvalue weighted by Crippen LogP contribution is -2.59. The second-order valence-corrected chi connectivity index (χ2v) is 7.84. The second kappa shape index (κ2) is 5.45. The number of hydrogen-bond donors (Lipinski definition) is 0. The van der Waals surface area contributed by atoms with Crippen molar-refractivity contribution >= 4 is 22.8 Å². The van der Waals surface area contributed by atoms with E-state index in [0.29, 0.717) is 11.8 Å². The van der Waals surface area contributed by atoms with E-state index in [2.05, 4.69) is 21.5 Å². The van der Waals surface area contributed by atoms with Crippen LogP contribution in [0, 0.1) is 11.8 Å². The smallest absolute Gasteiger partial charge is 0.274 e. The Morgan fingerprint density at radius 2 is 1.57 bits per heavy atom. The number of thioether (sulfide) groups is 1. The number of rotatable bonds is 2. The topological polar surface area (TPSA) is 32.7 Å². The molecule has 4 rings (SSSR count). The summed E-state index contributed by atoms with van der Waals surface area (Å²) in [7, 11) is 0. The summed E-state index contributed by atoms with van der Waals surface area (Å²) in [5.41, 5.74) is -0.323. The van der Waals surface area contributed by atoms with Crippen molar-refractivity contribution < 1.29 is 4.79 Å². The predicted molar refractivity (Wildman–Crippen MR) is 86.9 cm³/mol. The zero-order valence-electron chi connectivity index (χ0n) is 12.6. The van der Waals surface area contributed by atoms with Gasteiger partial charge in [-0.2, -0.15) is 4.99 Å². The number of hydrogen-bond acceptors (Lipinski definition) is 3. The Morgan fingerprint density at radius 3 is 2.14 bits per heavy atom. The number of aliphatic imine (C=N–C) groups is 1. The molecule has 2 aliphatic heterocycles. The number of fused-ring (bicyclic) bond motifs is 1. The molecule has 21 heavy (non-hydrogen) atoms. The van der Waals surface area contributed by atoms with Crippen LogP contribution in [0.2, 0.25) is 0 Å². The van der Waals surface area contributed by atoms with Crippen LogP contribution in [0.25, 0.3) is 0 Å². The summed E-state index contributed by atoms with van der Waals surface area (Å²) in [6.07, 6.45) is 14.8. The number of amidine groups is 1. The highest BCUT2D eigenvalue weighted by molar-refractivity contribution is 8.16. The molecule has 0 aromatic heterocycles. The van der Waals surface area contributed by atoms with Crippen molar-refractivity contribution in [1.29, 1.82) is 0 Å². The Morgan fingerprint density at radius 1 is 1.00 bits per heavy atom. The SMILES string of the molecule is O=C1N=C2SC=CN2C1(C1CCCCC1)C1CCCCC1. The van der Waals surface area contributed by atoms with E-state index >= 15 is 0 Å². The molecule has 4 aliphatic rings. The fourth-order valence-corrected chi connectivity index (χ4v) is 5.84. The average Bonchev–Trinajstić information content (AvgIpc) is 3.08. The Bertz CT molecular complexity index is 469. The highest BCUT2D eigenvalue weighted by Gasteiger charge is 2.59. The van der Waals surface area contributed by atoms with Crippen molar-refractivity contribution in [2.45, 2.75) is 69.7 Å². The van der Waals surface area contributed by atoms with Gasteiger partial charge in [0.05, 0.1) is 0 Å². The molecule has 4 heteroatoms. The number of amides is 1. The molecule has 0 bridgehead atoms. The van der Waals surface area contributed by atoms with Gasteiger partial charge in [-0.25, -0.2) is 0 Å². The van der Waals surface area contributed by atoms with E-state index in [1.54, 1.807) is 11.8 Å². The van der Waals surface area contributed by atoms with Crippen molar-refractivity contribution in [3.63, 3.8) is 0 Å². The summed E-state index contributed by atoms with van der Waals surface area (Å²) in [5, 5.41) is 3.04. The monoisotopic (exact) mass is 304 g/mol. The molecule has 2 heterocycles. The van der Waals surface area contributed by atoms with E-state index < -0.39 is 0 Å². The molecule has 0 saturated heterocycles. The van der Waals surface area contributed by atoms with Gasteiger partial charge in [0.2, 0.25) is 0 Å². The highest BCUT2D eigenvalue weighted by atomic mass is 32.2. The fraction of sp³-hybridized carbons (Fsp3) is 0.765. The molecule has 114 valence electrons. The molecule has 1 amide bonds. The molecule has 2 fully saturated rings. The molecule has 2 saturated carbocycles. The highest BCUT2D eigenvalue weighted by Crippen LogP contribution is 2.51. The number of nitrogens with zero attached hydrogens (tertiary/aromatic N) is 2. The first kappa shape index (κ1) is 13.9. The van der Waals surface area contributed by atoms with Gasteiger partial charge in [0.25, 0.3) is 5.91 Å². The molecule has 0 aromatic carbocycles. The van der Waals surface area contributed by atoms with Crippen molar-refractivity contribution in [3.8, 4) is 0 Å². The molecular weight excluding hydrogens is 280 g/mol. The summed E-state index contributed by atoms with van der Waals surface area (Å²) < 4.78 is 0. The first-order valence-electron chi connectivity index (χ1n) is 8.59. The molecule has 0 radical (unpaired) electrons. The zero-order valence-corrected chi connectivity index (χ0v) is 13.4. The third kappa shape index (κ3) is 2.01. The van der Waals surface area contributed by atoms with E-state index in [-0.39, 0.29) is 11.4 Å². The number of carbonyl (C=O) groups excluding carboxylic acids is 1. The maximum atomic E-state index is 13.0. The maximum absolute atomic E-state index is 13.0. The first-order valence-corrected chi connectivity index (χ1v) is 9.47. The van der Waals surface area contributed by atoms with Crippen molar-refractivity contribution in [2.75, 3.05) is 0 Å². The van der Waals surface area contributed by atoms with Gasteiger partial charge >= 0.3 is 0 Å². The van der Waals surface area contributed by atoms with E-state index in [9.17, 15) is 4.79 Å². The molecule has 0 N–H and O–H groups in total. The van der Waals surface area contributed by atoms with Crippen LogP contribution < -0.4 is 0 Å². The minimum Gasteiger partial charge on any atom is -0.311 e. The largest absolute Gasteiger partial charge is 0.311 e. The third-order valence-electron chi connectivity index (χ3n) is 5.98. The predicted octanol–water partition coefficient (Wildman–Crippen LogP) is 4.30. The van der Waals surface area contributed by atoms with Crippen LogP contribution in [-0.2, 0) is 4.79 Å². The van der Waals surface area contributed by atoms with Gasteiger partial charge in [0, 0.05) is 6.20 Å². The number of carbonyl (C=O) groups is 1. The molecule has 0 spiro atoms. The van der Waals surface area contributed by atoms with Crippen LogP contribution >= 0.6 is 11.8 Å². The van der Waals surface area contributed by atoms with E-state index in [0.717, 1.165) is 5.17 Å². The van der Waals surface area contributed by atoms with Gasteiger partial charge in [-0.15, -0.1) is 0 Å². The summed E-state index contributed by atoms with van der Waals surface area (Å²) in [6.45, 7) is 0. The quantitative estimate of drug-likeness (QED) is 0.762. The molecular formula is C17H24N2OS. The molecule has 0 aromatic rings. The van der Waals surface area contributed by atoms with Crippen LogP contribution in [0.3, 0.4) is 0 Å². The Kier molecular flexibility index (Phi) is 3.60.